The van der Waals surface area contributed by atoms with Gasteiger partial charge in [-0.2, -0.15) is 0 Å². The molecule has 1 aliphatic heterocycles. The topological polar surface area (TPSA) is 80.3 Å². The molecule has 6 nitrogen and oxygen atoms in total. The van der Waals surface area contributed by atoms with Crippen molar-refractivity contribution in [3.8, 4) is 11.7 Å². The Morgan fingerprint density at radius 2 is 2.07 bits per heavy atom. The average Bonchev–Trinajstić information content (AvgIpc) is 3.30. The molecule has 0 saturated heterocycles. The van der Waals surface area contributed by atoms with Crippen molar-refractivity contribution >= 4 is 30.7 Å². The second-order valence-electron chi connectivity index (χ2n) is 6.44. The van der Waals surface area contributed by atoms with Crippen molar-refractivity contribution in [2.45, 2.75) is 25.8 Å². The minimum Gasteiger partial charge on any atom is -0.459 e. The van der Waals surface area contributed by atoms with Crippen molar-refractivity contribution in [1.82, 2.24) is 15.6 Å². The van der Waals surface area contributed by atoms with Crippen molar-refractivity contribution in [1.29, 1.82) is 0 Å². The van der Waals surface area contributed by atoms with E-state index in [1.165, 1.54) is 11.1 Å². The van der Waals surface area contributed by atoms with Crippen LogP contribution in [0.5, 0.6) is 0 Å². The number of carbonyl (C=O) groups is 1. The van der Waals surface area contributed by atoms with Crippen molar-refractivity contribution in [2.75, 3.05) is 13.1 Å². The molecule has 0 aliphatic carbocycles. The van der Waals surface area contributed by atoms with Gasteiger partial charge in [-0.05, 0) is 43.1 Å². The first-order valence-corrected chi connectivity index (χ1v) is 8.79. The van der Waals surface area contributed by atoms with E-state index < -0.39 is 0 Å². The van der Waals surface area contributed by atoms with Gasteiger partial charge in [-0.1, -0.05) is 24.3 Å². The number of benzene rings is 1. The lowest BCUT2D eigenvalue weighted by Gasteiger charge is -2.27. The molecule has 0 saturated carbocycles. The summed E-state index contributed by atoms with van der Waals surface area (Å²) in [6.07, 6.45) is 2.77. The van der Waals surface area contributed by atoms with E-state index in [1.807, 2.05) is 6.07 Å². The van der Waals surface area contributed by atoms with E-state index in [0.717, 1.165) is 13.0 Å². The number of nitrogens with one attached hydrogen (secondary N) is 2. The Hall–Kier alpha value is -2.28. The molecule has 150 valence electrons. The number of carbonyl (C=O) groups excluding carboxylic acids is 1. The maximum absolute atomic E-state index is 12.4. The first-order chi connectivity index (χ1) is 12.7. The zero-order valence-corrected chi connectivity index (χ0v) is 17.1. The third-order valence-corrected chi connectivity index (χ3v) is 4.67. The van der Waals surface area contributed by atoms with Crippen molar-refractivity contribution in [3.63, 3.8) is 0 Å². The zero-order valence-electron chi connectivity index (χ0n) is 15.4. The molecule has 1 aliphatic rings. The van der Waals surface area contributed by atoms with Crippen LogP contribution in [0.2, 0.25) is 0 Å². The molecule has 2 N–H and O–H groups in total. The largest absolute Gasteiger partial charge is 0.459 e. The molecule has 1 amide bonds. The number of hydrogen-bond acceptors (Lipinski definition) is 5. The molecule has 0 spiro atoms. The number of amides is 1. The van der Waals surface area contributed by atoms with Crippen molar-refractivity contribution < 1.29 is 13.6 Å². The third kappa shape index (κ3) is 4.76. The molecule has 1 atom stereocenters. The highest BCUT2D eigenvalue weighted by molar-refractivity contribution is 5.85. The number of halogens is 2. The number of furan rings is 1. The van der Waals surface area contributed by atoms with E-state index in [9.17, 15) is 4.79 Å². The maximum atomic E-state index is 12.4. The van der Waals surface area contributed by atoms with E-state index in [-0.39, 0.29) is 43.2 Å². The molecular formula is C20H23Cl2N3O3. The average molecular weight is 424 g/mol. The summed E-state index contributed by atoms with van der Waals surface area (Å²) in [6, 6.07) is 12.1. The number of hydrogen-bond donors (Lipinski definition) is 2. The van der Waals surface area contributed by atoms with Crippen LogP contribution in [0.25, 0.3) is 11.7 Å². The lowest BCUT2D eigenvalue weighted by atomic mass is 9.94. The number of rotatable bonds is 5. The Bertz CT molecular complexity index is 909. The van der Waals surface area contributed by atoms with Gasteiger partial charge >= 0.3 is 0 Å². The SMILES string of the molecule is Cc1oc(-c2ccco2)nc1CC(=O)NCC1NCCc2ccccc21.Cl.Cl. The van der Waals surface area contributed by atoms with Gasteiger partial charge in [-0.25, -0.2) is 4.98 Å². The Kier molecular flexibility index (Phi) is 7.69. The maximum Gasteiger partial charge on any atom is 0.263 e. The third-order valence-electron chi connectivity index (χ3n) is 4.67. The minimum absolute atomic E-state index is 0. The highest BCUT2D eigenvalue weighted by Crippen LogP contribution is 2.23. The summed E-state index contributed by atoms with van der Waals surface area (Å²) >= 11 is 0. The lowest BCUT2D eigenvalue weighted by molar-refractivity contribution is -0.120. The molecular weight excluding hydrogens is 401 g/mol. The van der Waals surface area contributed by atoms with Crippen LogP contribution < -0.4 is 10.6 Å². The molecule has 3 heterocycles. The minimum atomic E-state index is -0.0720. The Morgan fingerprint density at radius 1 is 1.25 bits per heavy atom. The predicted octanol–water partition coefficient (Wildman–Crippen LogP) is 3.63. The molecule has 28 heavy (non-hydrogen) atoms. The quantitative estimate of drug-likeness (QED) is 0.654. The van der Waals surface area contributed by atoms with Gasteiger partial charge in [-0.15, -0.1) is 24.8 Å². The number of aryl methyl sites for hydroxylation is 1. The summed E-state index contributed by atoms with van der Waals surface area (Å²) < 4.78 is 10.9. The fourth-order valence-electron chi connectivity index (χ4n) is 3.30. The fraction of sp³-hybridized carbons (Fsp3) is 0.300. The van der Waals surface area contributed by atoms with Crippen LogP contribution in [0, 0.1) is 6.92 Å². The van der Waals surface area contributed by atoms with Crippen LogP contribution in [-0.4, -0.2) is 24.0 Å². The second kappa shape index (κ2) is 9.78. The molecule has 4 rings (SSSR count). The van der Waals surface area contributed by atoms with Crippen molar-refractivity contribution in [2.24, 2.45) is 0 Å². The number of aromatic nitrogens is 1. The Labute approximate surface area is 175 Å². The molecule has 1 unspecified atom stereocenters. The number of nitrogens with zero attached hydrogens (tertiary/aromatic N) is 1. The monoisotopic (exact) mass is 423 g/mol. The highest BCUT2D eigenvalue weighted by atomic mass is 35.5. The summed E-state index contributed by atoms with van der Waals surface area (Å²) in [7, 11) is 0. The van der Waals surface area contributed by atoms with Crippen LogP contribution in [0.15, 0.2) is 51.5 Å². The molecule has 8 heteroatoms. The second-order valence-corrected chi connectivity index (χ2v) is 6.44. The van der Waals surface area contributed by atoms with Crippen molar-refractivity contribution in [3.05, 3.63) is 65.2 Å². The summed E-state index contributed by atoms with van der Waals surface area (Å²) in [5.74, 6) is 1.52. The van der Waals surface area contributed by atoms with Gasteiger partial charge in [0.25, 0.3) is 5.89 Å². The summed E-state index contributed by atoms with van der Waals surface area (Å²) in [5, 5.41) is 6.47. The Balaban J connectivity index is 0.00000140. The van der Waals surface area contributed by atoms with Crippen LogP contribution in [0.4, 0.5) is 0 Å². The van der Waals surface area contributed by atoms with Gasteiger partial charge in [0.1, 0.15) is 5.76 Å². The standard InChI is InChI=1S/C20H21N3O3.2ClH/c1-13-16(23-20(26-13)18-7-4-10-25-18)11-19(24)22-12-17-15-6-3-2-5-14(15)8-9-21-17;;/h2-7,10,17,21H,8-9,11-12H2,1H3,(H,22,24);2*1H. The van der Waals surface area contributed by atoms with E-state index in [1.54, 1.807) is 25.3 Å². The van der Waals surface area contributed by atoms with Gasteiger partial charge in [-0.3, -0.25) is 4.79 Å². The lowest BCUT2D eigenvalue weighted by Crippen LogP contribution is -2.39. The number of fused-ring (bicyclic) bond motifs is 1. The first-order valence-electron chi connectivity index (χ1n) is 8.79. The zero-order chi connectivity index (χ0) is 17.9. The van der Waals surface area contributed by atoms with Crippen LogP contribution in [0.1, 0.15) is 28.6 Å². The van der Waals surface area contributed by atoms with E-state index in [2.05, 4.69) is 33.8 Å². The Morgan fingerprint density at radius 3 is 2.86 bits per heavy atom. The predicted molar refractivity (Wildman–Crippen MR) is 111 cm³/mol. The first kappa shape index (κ1) is 22.0. The van der Waals surface area contributed by atoms with Crippen LogP contribution >= 0.6 is 24.8 Å². The van der Waals surface area contributed by atoms with Gasteiger partial charge < -0.3 is 19.5 Å². The van der Waals surface area contributed by atoms with Gasteiger partial charge in [0.15, 0.2) is 5.76 Å². The highest BCUT2D eigenvalue weighted by Gasteiger charge is 2.21. The van der Waals surface area contributed by atoms with Gasteiger partial charge in [0.2, 0.25) is 5.91 Å². The molecule has 0 fully saturated rings. The fourth-order valence-corrected chi connectivity index (χ4v) is 3.30. The smallest absolute Gasteiger partial charge is 0.263 e. The molecule has 2 aromatic heterocycles. The summed E-state index contributed by atoms with van der Waals surface area (Å²) in [5.41, 5.74) is 3.24. The van der Waals surface area contributed by atoms with E-state index >= 15 is 0 Å². The number of oxazole rings is 1. The normalized spacial score (nSPS) is 15.1. The summed E-state index contributed by atoms with van der Waals surface area (Å²) in [6.45, 7) is 3.28. The van der Waals surface area contributed by atoms with Gasteiger partial charge in [0, 0.05) is 12.6 Å². The van der Waals surface area contributed by atoms with E-state index in [4.69, 9.17) is 8.83 Å². The summed E-state index contributed by atoms with van der Waals surface area (Å²) in [4.78, 5) is 16.8. The van der Waals surface area contributed by atoms with Gasteiger partial charge in [0.05, 0.1) is 18.4 Å². The molecule has 1 aromatic carbocycles. The molecule has 0 bridgehead atoms. The van der Waals surface area contributed by atoms with E-state index in [0.29, 0.717) is 29.6 Å². The van der Waals surface area contributed by atoms with Crippen LogP contribution in [-0.2, 0) is 17.6 Å². The molecule has 3 aromatic rings. The molecule has 0 radical (unpaired) electrons. The van der Waals surface area contributed by atoms with Crippen LogP contribution in [0.3, 0.4) is 0 Å².